The highest BCUT2D eigenvalue weighted by molar-refractivity contribution is 5.81. The van der Waals surface area contributed by atoms with Crippen molar-refractivity contribution >= 4 is 5.97 Å². The van der Waals surface area contributed by atoms with Crippen LogP contribution in [0.25, 0.3) is 0 Å². The number of carbonyl (C=O) groups is 1. The zero-order chi connectivity index (χ0) is 19.2. The summed E-state index contributed by atoms with van der Waals surface area (Å²) in [6.07, 6.45) is 11.7. The van der Waals surface area contributed by atoms with E-state index in [1.165, 1.54) is 56.7 Å². The minimum Gasteiger partial charge on any atom is -0.463 e. The first kappa shape index (κ1) is 20.0. The topological polar surface area (TPSA) is 26.3 Å². The predicted octanol–water partition coefficient (Wildman–Crippen LogP) is 6.16. The fourth-order valence-corrected chi connectivity index (χ4v) is 5.02. The molecule has 2 saturated carbocycles. The van der Waals surface area contributed by atoms with Crippen LogP contribution in [-0.2, 0) is 9.53 Å². The Balaban J connectivity index is 1.40. The molecule has 27 heavy (non-hydrogen) atoms. The highest BCUT2D eigenvalue weighted by Gasteiger charge is 2.31. The van der Waals surface area contributed by atoms with Crippen molar-refractivity contribution in [2.75, 3.05) is 6.61 Å². The van der Waals surface area contributed by atoms with Gasteiger partial charge in [0.1, 0.15) is 0 Å². The molecule has 1 aromatic rings. The van der Waals surface area contributed by atoms with Gasteiger partial charge in [0.05, 0.1) is 6.61 Å². The van der Waals surface area contributed by atoms with Gasteiger partial charge in [0.15, 0.2) is 11.6 Å². The molecule has 0 atom stereocenters. The molecule has 148 valence electrons. The Morgan fingerprint density at radius 2 is 1.63 bits per heavy atom. The van der Waals surface area contributed by atoms with Gasteiger partial charge in [0.25, 0.3) is 0 Å². The van der Waals surface area contributed by atoms with Crippen molar-refractivity contribution in [1.29, 1.82) is 0 Å². The van der Waals surface area contributed by atoms with Crippen molar-refractivity contribution < 1.29 is 18.3 Å². The van der Waals surface area contributed by atoms with Crippen molar-refractivity contribution in [2.45, 2.75) is 63.7 Å². The minimum atomic E-state index is -0.761. The van der Waals surface area contributed by atoms with Gasteiger partial charge in [-0.2, -0.15) is 0 Å². The summed E-state index contributed by atoms with van der Waals surface area (Å²) in [6.45, 7) is 3.91. The van der Waals surface area contributed by atoms with Crippen molar-refractivity contribution in [2.24, 2.45) is 17.8 Å². The molecule has 2 aliphatic rings. The van der Waals surface area contributed by atoms with E-state index >= 15 is 0 Å². The summed E-state index contributed by atoms with van der Waals surface area (Å²) in [4.78, 5) is 11.1. The molecule has 0 radical (unpaired) electrons. The van der Waals surface area contributed by atoms with Gasteiger partial charge < -0.3 is 4.74 Å². The molecule has 0 unspecified atom stereocenters. The van der Waals surface area contributed by atoms with Gasteiger partial charge in [0.2, 0.25) is 0 Å². The fraction of sp³-hybridized carbons (Fsp3) is 0.609. The number of rotatable bonds is 6. The monoisotopic (exact) mass is 376 g/mol. The molecule has 0 aromatic heterocycles. The van der Waals surface area contributed by atoms with Gasteiger partial charge in [0, 0.05) is 6.08 Å². The summed E-state index contributed by atoms with van der Waals surface area (Å²) in [5.41, 5.74) is 0.949. The van der Waals surface area contributed by atoms with Gasteiger partial charge in [-0.15, -0.1) is 0 Å². The van der Waals surface area contributed by atoms with Crippen molar-refractivity contribution in [3.63, 3.8) is 0 Å². The molecule has 0 N–H and O–H groups in total. The van der Waals surface area contributed by atoms with Crippen LogP contribution in [0.2, 0.25) is 0 Å². The molecule has 0 amide bonds. The Labute approximate surface area is 161 Å². The zero-order valence-electron chi connectivity index (χ0n) is 16.0. The lowest BCUT2D eigenvalue weighted by molar-refractivity contribution is -0.138. The number of ether oxygens (including phenoxy) is 1. The molecule has 0 aliphatic heterocycles. The molecule has 0 bridgehead atoms. The molecule has 4 heteroatoms. The SMILES string of the molecule is C=CC(=O)OCCC1CCC(C2CCC(c3ccc(F)c(F)c3)CC2)CC1. The normalized spacial score (nSPS) is 28.5. The molecular formula is C23H30F2O2. The molecule has 1 aromatic carbocycles. The van der Waals surface area contributed by atoms with E-state index in [1.54, 1.807) is 6.07 Å². The van der Waals surface area contributed by atoms with E-state index in [-0.39, 0.29) is 5.97 Å². The van der Waals surface area contributed by atoms with Gasteiger partial charge in [-0.1, -0.05) is 25.5 Å². The molecule has 3 rings (SSSR count). The summed E-state index contributed by atoms with van der Waals surface area (Å²) in [5.74, 6) is 0.773. The van der Waals surface area contributed by atoms with E-state index in [9.17, 15) is 13.6 Å². The van der Waals surface area contributed by atoms with Crippen LogP contribution >= 0.6 is 0 Å². The average Bonchev–Trinajstić information content (AvgIpc) is 2.70. The summed E-state index contributed by atoms with van der Waals surface area (Å²) in [7, 11) is 0. The Hall–Kier alpha value is -1.71. The molecule has 2 fully saturated rings. The Morgan fingerprint density at radius 3 is 2.22 bits per heavy atom. The molecule has 2 nitrogen and oxygen atoms in total. The molecule has 0 spiro atoms. The first-order chi connectivity index (χ1) is 13.1. The fourth-order valence-electron chi connectivity index (χ4n) is 5.02. The number of carbonyl (C=O) groups excluding carboxylic acids is 1. The van der Waals surface area contributed by atoms with Crippen LogP contribution in [0.4, 0.5) is 8.78 Å². The third-order valence-electron chi connectivity index (χ3n) is 6.68. The average molecular weight is 376 g/mol. The van der Waals surface area contributed by atoms with Crippen LogP contribution in [0.15, 0.2) is 30.9 Å². The summed E-state index contributed by atoms with van der Waals surface area (Å²) in [5, 5.41) is 0. The van der Waals surface area contributed by atoms with E-state index in [0.29, 0.717) is 18.4 Å². The van der Waals surface area contributed by atoms with Crippen LogP contribution in [0, 0.1) is 29.4 Å². The van der Waals surface area contributed by atoms with Gasteiger partial charge >= 0.3 is 5.97 Å². The Bertz CT molecular complexity index is 642. The maximum atomic E-state index is 13.5. The van der Waals surface area contributed by atoms with Crippen LogP contribution in [-0.4, -0.2) is 12.6 Å². The number of benzene rings is 1. The highest BCUT2D eigenvalue weighted by Crippen LogP contribution is 2.44. The number of halogens is 2. The standard InChI is InChI=1S/C23H30F2O2/c1-2-23(26)27-14-13-16-3-5-17(6-4-16)18-7-9-19(10-8-18)20-11-12-21(24)22(25)15-20/h2,11-12,15-19H,1,3-10,13-14H2. The second-order valence-corrected chi connectivity index (χ2v) is 8.23. The third-order valence-corrected chi connectivity index (χ3v) is 6.68. The summed E-state index contributed by atoms with van der Waals surface area (Å²) >= 11 is 0. The molecule has 2 aliphatic carbocycles. The Morgan fingerprint density at radius 1 is 1.00 bits per heavy atom. The molecular weight excluding hydrogens is 346 g/mol. The summed E-state index contributed by atoms with van der Waals surface area (Å²) in [6, 6.07) is 4.38. The van der Waals surface area contributed by atoms with E-state index in [2.05, 4.69) is 6.58 Å². The highest BCUT2D eigenvalue weighted by atomic mass is 19.2. The third kappa shape index (κ3) is 5.40. The first-order valence-electron chi connectivity index (χ1n) is 10.3. The maximum Gasteiger partial charge on any atom is 0.330 e. The van der Waals surface area contributed by atoms with Crippen molar-refractivity contribution in [3.05, 3.63) is 48.1 Å². The van der Waals surface area contributed by atoms with E-state index in [0.717, 1.165) is 36.7 Å². The number of hydrogen-bond acceptors (Lipinski definition) is 2. The lowest BCUT2D eigenvalue weighted by Crippen LogP contribution is -2.26. The second kappa shape index (κ2) is 9.48. The summed E-state index contributed by atoms with van der Waals surface area (Å²) < 4.78 is 31.7. The van der Waals surface area contributed by atoms with Crippen LogP contribution in [0.1, 0.15) is 69.3 Å². The largest absolute Gasteiger partial charge is 0.463 e. The number of hydrogen-bond donors (Lipinski definition) is 0. The van der Waals surface area contributed by atoms with Crippen LogP contribution in [0.3, 0.4) is 0 Å². The van der Waals surface area contributed by atoms with Crippen LogP contribution in [0.5, 0.6) is 0 Å². The van der Waals surface area contributed by atoms with Gasteiger partial charge in [-0.25, -0.2) is 13.6 Å². The van der Waals surface area contributed by atoms with Crippen LogP contribution < -0.4 is 0 Å². The smallest absolute Gasteiger partial charge is 0.330 e. The van der Waals surface area contributed by atoms with E-state index in [1.807, 2.05) is 0 Å². The first-order valence-corrected chi connectivity index (χ1v) is 10.3. The second-order valence-electron chi connectivity index (χ2n) is 8.23. The van der Waals surface area contributed by atoms with Gasteiger partial charge in [-0.3, -0.25) is 0 Å². The lowest BCUT2D eigenvalue weighted by Gasteiger charge is -2.38. The number of esters is 1. The van der Waals surface area contributed by atoms with Gasteiger partial charge in [-0.05, 0) is 86.3 Å². The van der Waals surface area contributed by atoms with E-state index < -0.39 is 11.6 Å². The quantitative estimate of drug-likeness (QED) is 0.439. The predicted molar refractivity (Wildman–Crippen MR) is 102 cm³/mol. The zero-order valence-corrected chi connectivity index (χ0v) is 16.0. The maximum absolute atomic E-state index is 13.5. The minimum absolute atomic E-state index is 0.332. The lowest BCUT2D eigenvalue weighted by atomic mass is 9.68. The Kier molecular flexibility index (Phi) is 7.03. The van der Waals surface area contributed by atoms with Crippen molar-refractivity contribution in [3.8, 4) is 0 Å². The van der Waals surface area contributed by atoms with Crippen molar-refractivity contribution in [1.82, 2.24) is 0 Å². The van der Waals surface area contributed by atoms with E-state index in [4.69, 9.17) is 4.74 Å². The molecule has 0 heterocycles. The molecule has 0 saturated heterocycles.